The normalized spacial score (nSPS) is 16.1. The molecule has 1 N–H and O–H groups in total. The van der Waals surface area contributed by atoms with Crippen LogP contribution in [0.4, 0.5) is 0 Å². The number of aliphatic hydroxyl groups is 1. The molecular weight excluding hydrogens is 485 g/mol. The van der Waals surface area contributed by atoms with Crippen LogP contribution >= 0.6 is 24.0 Å². The van der Waals surface area contributed by atoms with Gasteiger partial charge in [-0.1, -0.05) is 41.9 Å². The molecule has 184 valence electrons. The zero-order valence-electron chi connectivity index (χ0n) is 19.7. The molecule has 0 bridgehead atoms. The Hall–Kier alpha value is -2.77. The molecule has 6 nitrogen and oxygen atoms in total. The van der Waals surface area contributed by atoms with Crippen molar-refractivity contribution in [2.24, 2.45) is 0 Å². The Morgan fingerprint density at radius 2 is 1.89 bits per heavy atom. The molecule has 35 heavy (non-hydrogen) atoms. The van der Waals surface area contributed by atoms with Crippen molar-refractivity contribution in [3.05, 3.63) is 93.5 Å². The third-order valence-corrected chi connectivity index (χ3v) is 6.92. The van der Waals surface area contributed by atoms with Crippen molar-refractivity contribution in [2.45, 2.75) is 39.1 Å². The molecule has 2 aromatic carbocycles. The summed E-state index contributed by atoms with van der Waals surface area (Å²) in [5.41, 5.74) is 3.38. The number of aromatic nitrogens is 2. The summed E-state index contributed by atoms with van der Waals surface area (Å²) < 4.78 is 9.30. The second kappa shape index (κ2) is 10.5. The summed E-state index contributed by atoms with van der Waals surface area (Å²) in [6.45, 7) is 6.06. The fourth-order valence-electron chi connectivity index (χ4n) is 4.64. The van der Waals surface area contributed by atoms with Gasteiger partial charge in [-0.2, -0.15) is 0 Å². The van der Waals surface area contributed by atoms with E-state index >= 15 is 0 Å². The van der Waals surface area contributed by atoms with E-state index in [9.17, 15) is 9.90 Å². The summed E-state index contributed by atoms with van der Waals surface area (Å²) in [5, 5.41) is 12.4. The van der Waals surface area contributed by atoms with Crippen molar-refractivity contribution < 1.29 is 9.84 Å². The van der Waals surface area contributed by atoms with Gasteiger partial charge < -0.3 is 14.4 Å². The number of β-amino-alcohol motifs (C(OH)–C–C–N with tert-alkyl or cyclic N) is 1. The van der Waals surface area contributed by atoms with Crippen LogP contribution in [-0.2, 0) is 13.0 Å². The van der Waals surface area contributed by atoms with E-state index in [1.165, 1.54) is 6.07 Å². The van der Waals surface area contributed by atoms with Gasteiger partial charge in [-0.3, -0.25) is 14.3 Å². The summed E-state index contributed by atoms with van der Waals surface area (Å²) in [6, 6.07) is 19.2. The minimum Gasteiger partial charge on any atom is -0.489 e. The van der Waals surface area contributed by atoms with Crippen LogP contribution in [0.3, 0.4) is 0 Å². The number of hydrogen-bond donors (Lipinski definition) is 1. The van der Waals surface area contributed by atoms with Gasteiger partial charge in [0.2, 0.25) is 0 Å². The van der Waals surface area contributed by atoms with Crippen LogP contribution in [0.15, 0.2) is 71.7 Å². The first-order chi connectivity index (χ1) is 16.4. The summed E-state index contributed by atoms with van der Waals surface area (Å²) >= 11 is 6.81. The Morgan fingerprint density at radius 3 is 2.60 bits per heavy atom. The van der Waals surface area contributed by atoms with Crippen LogP contribution in [0.2, 0.25) is 5.02 Å². The van der Waals surface area contributed by atoms with E-state index in [-0.39, 0.29) is 18.0 Å². The molecule has 1 aliphatic rings. The summed E-state index contributed by atoms with van der Waals surface area (Å²) in [6.07, 6.45) is 1.80. The van der Waals surface area contributed by atoms with Gasteiger partial charge in [-0.15, -0.1) is 12.4 Å². The Balaban J connectivity index is 0.00000289. The van der Waals surface area contributed by atoms with E-state index in [1.807, 2.05) is 53.1 Å². The SMILES string of the molecule is CC(C)N1CCc2c(Cl)c3cc(-n4ccc(OCc5ccccc5)cc4=O)ccc3n2C(O)C1.Cl. The predicted molar refractivity (Wildman–Crippen MR) is 142 cm³/mol. The quantitative estimate of drug-likeness (QED) is 0.398. The lowest BCUT2D eigenvalue weighted by molar-refractivity contribution is 0.0577. The molecule has 0 fully saturated rings. The number of ether oxygens (including phenoxy) is 1. The maximum absolute atomic E-state index is 12.9. The molecule has 1 aliphatic heterocycles. The Morgan fingerprint density at radius 1 is 1.11 bits per heavy atom. The highest BCUT2D eigenvalue weighted by Crippen LogP contribution is 2.36. The Bertz CT molecular complexity index is 1380. The molecule has 1 unspecified atom stereocenters. The maximum Gasteiger partial charge on any atom is 0.258 e. The lowest BCUT2D eigenvalue weighted by Gasteiger charge is -2.26. The fraction of sp³-hybridized carbons (Fsp3) is 0.296. The van der Waals surface area contributed by atoms with Gasteiger partial charge in [-0.25, -0.2) is 0 Å². The number of nitrogens with zero attached hydrogens (tertiary/aromatic N) is 3. The molecule has 0 aliphatic carbocycles. The van der Waals surface area contributed by atoms with Crippen molar-refractivity contribution in [2.75, 3.05) is 13.1 Å². The standard InChI is InChI=1S/C27H28ClN3O3.ClH/c1-18(2)29-12-11-24-27(28)22-14-20(8-9-23(22)31(24)26(33)16-29)30-13-10-21(15-25(30)32)34-17-19-6-4-3-5-7-19;/h3-10,13-15,18,26,33H,11-12,16-17H2,1-2H3;1H. The molecule has 0 radical (unpaired) electrons. The molecule has 3 heterocycles. The summed E-state index contributed by atoms with van der Waals surface area (Å²) in [5.74, 6) is 0.526. The number of hydrogen-bond acceptors (Lipinski definition) is 4. The first-order valence-electron chi connectivity index (χ1n) is 11.6. The second-order valence-electron chi connectivity index (χ2n) is 9.00. The number of pyridine rings is 1. The molecule has 0 saturated heterocycles. The molecule has 1 atom stereocenters. The van der Waals surface area contributed by atoms with Crippen molar-refractivity contribution >= 4 is 34.9 Å². The van der Waals surface area contributed by atoms with Gasteiger partial charge in [0.25, 0.3) is 5.56 Å². The number of benzene rings is 2. The first kappa shape index (κ1) is 25.3. The zero-order chi connectivity index (χ0) is 23.8. The smallest absolute Gasteiger partial charge is 0.258 e. The van der Waals surface area contributed by atoms with Crippen molar-refractivity contribution in [1.29, 1.82) is 0 Å². The molecule has 0 spiro atoms. The number of fused-ring (bicyclic) bond motifs is 3. The Labute approximate surface area is 215 Å². The highest BCUT2D eigenvalue weighted by Gasteiger charge is 2.27. The van der Waals surface area contributed by atoms with Crippen LogP contribution in [-0.4, -0.2) is 38.3 Å². The van der Waals surface area contributed by atoms with E-state index in [1.54, 1.807) is 16.8 Å². The first-order valence-corrected chi connectivity index (χ1v) is 11.9. The number of aliphatic hydroxyl groups excluding tert-OH is 1. The topological polar surface area (TPSA) is 59.6 Å². The van der Waals surface area contributed by atoms with Gasteiger partial charge in [0, 0.05) is 54.6 Å². The van der Waals surface area contributed by atoms with Crippen molar-refractivity contribution in [1.82, 2.24) is 14.0 Å². The minimum absolute atomic E-state index is 0. The lowest BCUT2D eigenvalue weighted by Crippen LogP contribution is -2.35. The van der Waals surface area contributed by atoms with E-state index in [2.05, 4.69) is 18.7 Å². The van der Waals surface area contributed by atoms with E-state index in [4.69, 9.17) is 16.3 Å². The average Bonchev–Trinajstić information content (AvgIpc) is 2.99. The van der Waals surface area contributed by atoms with E-state index in [0.29, 0.717) is 35.7 Å². The Kier molecular flexibility index (Phi) is 7.57. The van der Waals surface area contributed by atoms with Gasteiger partial charge in [-0.05, 0) is 43.7 Å². The average molecular weight is 514 g/mol. The highest BCUT2D eigenvalue weighted by molar-refractivity contribution is 6.36. The van der Waals surface area contributed by atoms with E-state index in [0.717, 1.165) is 35.1 Å². The van der Waals surface area contributed by atoms with Crippen LogP contribution < -0.4 is 10.3 Å². The molecule has 0 amide bonds. The molecule has 8 heteroatoms. The number of rotatable bonds is 5. The second-order valence-corrected chi connectivity index (χ2v) is 9.37. The molecule has 4 aromatic rings. The van der Waals surface area contributed by atoms with Gasteiger partial charge in [0.15, 0.2) is 0 Å². The van der Waals surface area contributed by atoms with Gasteiger partial charge >= 0.3 is 0 Å². The largest absolute Gasteiger partial charge is 0.489 e. The van der Waals surface area contributed by atoms with Crippen molar-refractivity contribution in [3.63, 3.8) is 0 Å². The summed E-state index contributed by atoms with van der Waals surface area (Å²) in [7, 11) is 0. The lowest BCUT2D eigenvalue weighted by atomic mass is 10.2. The van der Waals surface area contributed by atoms with Crippen LogP contribution in [0.1, 0.15) is 31.3 Å². The summed E-state index contributed by atoms with van der Waals surface area (Å²) in [4.78, 5) is 15.1. The third kappa shape index (κ3) is 4.98. The zero-order valence-corrected chi connectivity index (χ0v) is 21.3. The van der Waals surface area contributed by atoms with Crippen LogP contribution in [0, 0.1) is 0 Å². The van der Waals surface area contributed by atoms with Gasteiger partial charge in [0.1, 0.15) is 18.6 Å². The van der Waals surface area contributed by atoms with E-state index < -0.39 is 6.23 Å². The maximum atomic E-state index is 12.9. The molecule has 0 saturated carbocycles. The van der Waals surface area contributed by atoms with Crippen molar-refractivity contribution in [3.8, 4) is 11.4 Å². The number of halogens is 2. The molecular formula is C27H29Cl2N3O3. The fourth-order valence-corrected chi connectivity index (χ4v) is 4.98. The van der Waals surface area contributed by atoms with Crippen LogP contribution in [0.5, 0.6) is 5.75 Å². The monoisotopic (exact) mass is 513 g/mol. The third-order valence-electron chi connectivity index (χ3n) is 6.50. The highest BCUT2D eigenvalue weighted by atomic mass is 35.5. The molecule has 5 rings (SSSR count). The molecule has 2 aromatic heterocycles. The predicted octanol–water partition coefficient (Wildman–Crippen LogP) is 5.20. The van der Waals surface area contributed by atoms with Gasteiger partial charge in [0.05, 0.1) is 10.5 Å². The van der Waals surface area contributed by atoms with Crippen LogP contribution in [0.25, 0.3) is 16.6 Å². The minimum atomic E-state index is -0.676.